The van der Waals surface area contributed by atoms with Crippen molar-refractivity contribution in [2.45, 2.75) is 0 Å². The quantitative estimate of drug-likeness (QED) is 0.318. The number of nitrogens with zero attached hydrogens (tertiary/aromatic N) is 2. The number of nitriles is 1. The lowest BCUT2D eigenvalue weighted by atomic mass is 10.3. The largest absolute Gasteiger partial charge is 0.305 e. The van der Waals surface area contributed by atoms with Crippen molar-refractivity contribution >= 4 is 6.29 Å². The normalized spacial score (nSPS) is 11.2. The number of carbonyl (C=O) groups excluding carboxylic acids is 1. The minimum atomic E-state index is 0.507. The summed E-state index contributed by atoms with van der Waals surface area (Å²) in [5, 5.41) is 8.18. The van der Waals surface area contributed by atoms with E-state index in [2.05, 4.69) is 0 Å². The first kappa shape index (κ1) is 8.86. The fourth-order valence-corrected chi connectivity index (χ4v) is 0.565. The summed E-state index contributed by atoms with van der Waals surface area (Å²) < 4.78 is 0. The first-order chi connectivity index (χ1) is 4.70. The van der Waals surface area contributed by atoms with Gasteiger partial charge in [-0.05, 0) is 14.1 Å². The zero-order valence-electron chi connectivity index (χ0n) is 6.16. The van der Waals surface area contributed by atoms with Crippen LogP contribution in [-0.4, -0.2) is 31.8 Å². The highest BCUT2D eigenvalue weighted by Crippen LogP contribution is 1.89. The van der Waals surface area contributed by atoms with Crippen LogP contribution in [0.4, 0.5) is 0 Å². The standard InChI is InChI=1S/C7H10N2O/c1-9(2)5-7(6-10)3-4-8/h3,6H,5H2,1-2H3/b7-3+. The third-order valence-corrected chi connectivity index (χ3v) is 0.900. The van der Waals surface area contributed by atoms with Gasteiger partial charge in [-0.25, -0.2) is 0 Å². The highest BCUT2D eigenvalue weighted by atomic mass is 16.1. The van der Waals surface area contributed by atoms with Gasteiger partial charge in [-0.2, -0.15) is 5.26 Å². The molecule has 0 spiro atoms. The van der Waals surface area contributed by atoms with E-state index in [1.165, 1.54) is 6.08 Å². The van der Waals surface area contributed by atoms with Crippen molar-refractivity contribution in [3.05, 3.63) is 11.6 Å². The monoisotopic (exact) mass is 138 g/mol. The van der Waals surface area contributed by atoms with Crippen molar-refractivity contribution in [1.29, 1.82) is 5.26 Å². The Morgan fingerprint density at radius 2 is 2.30 bits per heavy atom. The van der Waals surface area contributed by atoms with Gasteiger partial charge in [0, 0.05) is 18.2 Å². The molecule has 0 aromatic heterocycles. The van der Waals surface area contributed by atoms with E-state index in [-0.39, 0.29) is 0 Å². The number of likely N-dealkylation sites (N-methyl/N-ethyl adjacent to an activating group) is 1. The van der Waals surface area contributed by atoms with Crippen LogP contribution in [0.2, 0.25) is 0 Å². The Hall–Kier alpha value is -1.14. The Bertz CT molecular complexity index is 177. The van der Waals surface area contributed by atoms with Crippen molar-refractivity contribution in [1.82, 2.24) is 4.90 Å². The van der Waals surface area contributed by atoms with Gasteiger partial charge in [0.15, 0.2) is 0 Å². The Morgan fingerprint density at radius 1 is 1.70 bits per heavy atom. The summed E-state index contributed by atoms with van der Waals surface area (Å²) >= 11 is 0. The molecule has 0 heterocycles. The summed E-state index contributed by atoms with van der Waals surface area (Å²) in [4.78, 5) is 12.0. The van der Waals surface area contributed by atoms with Crippen molar-refractivity contribution < 1.29 is 4.79 Å². The van der Waals surface area contributed by atoms with Crippen LogP contribution in [0.25, 0.3) is 0 Å². The first-order valence-electron chi connectivity index (χ1n) is 2.89. The average Bonchev–Trinajstić information content (AvgIpc) is 1.86. The number of rotatable bonds is 3. The first-order valence-corrected chi connectivity index (χ1v) is 2.89. The lowest BCUT2D eigenvalue weighted by molar-refractivity contribution is -0.105. The van der Waals surface area contributed by atoms with E-state index < -0.39 is 0 Å². The van der Waals surface area contributed by atoms with Gasteiger partial charge >= 0.3 is 0 Å². The topological polar surface area (TPSA) is 44.1 Å². The molecule has 0 rings (SSSR count). The summed E-state index contributed by atoms with van der Waals surface area (Å²) in [5.74, 6) is 0. The molecule has 0 N–H and O–H groups in total. The molecular weight excluding hydrogens is 128 g/mol. The van der Waals surface area contributed by atoms with E-state index in [0.29, 0.717) is 18.4 Å². The van der Waals surface area contributed by atoms with Gasteiger partial charge in [0.2, 0.25) is 0 Å². The third-order valence-electron chi connectivity index (χ3n) is 0.900. The van der Waals surface area contributed by atoms with Crippen molar-refractivity contribution in [3.8, 4) is 6.07 Å². The molecule has 0 bridgehead atoms. The lowest BCUT2D eigenvalue weighted by Gasteiger charge is -2.06. The highest BCUT2D eigenvalue weighted by molar-refractivity contribution is 5.74. The van der Waals surface area contributed by atoms with E-state index in [0.717, 1.165) is 0 Å². The van der Waals surface area contributed by atoms with Crippen molar-refractivity contribution in [2.75, 3.05) is 20.6 Å². The number of aldehydes is 1. The van der Waals surface area contributed by atoms with Crippen LogP contribution in [0.5, 0.6) is 0 Å². The van der Waals surface area contributed by atoms with E-state index in [1.54, 1.807) is 6.07 Å². The van der Waals surface area contributed by atoms with Gasteiger partial charge in [-0.1, -0.05) is 0 Å². The van der Waals surface area contributed by atoms with Gasteiger partial charge in [0.25, 0.3) is 0 Å². The van der Waals surface area contributed by atoms with Crippen molar-refractivity contribution in [2.24, 2.45) is 0 Å². The summed E-state index contributed by atoms with van der Waals surface area (Å²) in [7, 11) is 3.68. The highest BCUT2D eigenvalue weighted by Gasteiger charge is 1.95. The SMILES string of the molecule is CN(C)C/C(C=O)=C\C#N. The van der Waals surface area contributed by atoms with Gasteiger partial charge in [-0.15, -0.1) is 0 Å². The molecule has 0 unspecified atom stereocenters. The summed E-state index contributed by atoms with van der Waals surface area (Å²) in [5.41, 5.74) is 0.507. The Labute approximate surface area is 60.6 Å². The van der Waals surface area contributed by atoms with Crippen LogP contribution in [0.15, 0.2) is 11.6 Å². The molecule has 54 valence electrons. The predicted molar refractivity (Wildman–Crippen MR) is 38.3 cm³/mol. The minimum Gasteiger partial charge on any atom is -0.305 e. The molecule has 0 atom stereocenters. The van der Waals surface area contributed by atoms with Crippen LogP contribution in [0.1, 0.15) is 0 Å². The molecule has 0 fully saturated rings. The molecule has 10 heavy (non-hydrogen) atoms. The molecule has 3 nitrogen and oxygen atoms in total. The molecule has 3 heteroatoms. The molecule has 0 aliphatic rings. The molecule has 0 saturated heterocycles. The summed E-state index contributed by atoms with van der Waals surface area (Å²) in [6.45, 7) is 0.525. The van der Waals surface area contributed by atoms with Gasteiger partial charge in [-0.3, -0.25) is 4.79 Å². The second kappa shape index (κ2) is 4.71. The second-order valence-corrected chi connectivity index (χ2v) is 2.20. The molecule has 0 aromatic rings. The van der Waals surface area contributed by atoms with Crippen LogP contribution < -0.4 is 0 Å². The van der Waals surface area contributed by atoms with Gasteiger partial charge in [0.05, 0.1) is 6.07 Å². The number of allylic oxidation sites excluding steroid dienone is 1. The average molecular weight is 138 g/mol. The predicted octanol–water partition coefficient (Wildman–Crippen LogP) is 0.197. The van der Waals surface area contributed by atoms with E-state index in [4.69, 9.17) is 5.26 Å². The number of carbonyl (C=O) groups is 1. The Kier molecular flexibility index (Phi) is 4.17. The zero-order chi connectivity index (χ0) is 7.98. The molecule has 0 saturated carbocycles. The second-order valence-electron chi connectivity index (χ2n) is 2.20. The van der Waals surface area contributed by atoms with Crippen molar-refractivity contribution in [3.63, 3.8) is 0 Å². The van der Waals surface area contributed by atoms with E-state index in [9.17, 15) is 4.79 Å². The van der Waals surface area contributed by atoms with E-state index >= 15 is 0 Å². The lowest BCUT2D eigenvalue weighted by Crippen LogP contribution is -2.15. The number of hydrogen-bond acceptors (Lipinski definition) is 3. The molecule has 0 aliphatic heterocycles. The van der Waals surface area contributed by atoms with Crippen LogP contribution >= 0.6 is 0 Å². The van der Waals surface area contributed by atoms with Crippen LogP contribution in [0.3, 0.4) is 0 Å². The molecule has 0 aromatic carbocycles. The van der Waals surface area contributed by atoms with Gasteiger partial charge in [0.1, 0.15) is 6.29 Å². The zero-order valence-corrected chi connectivity index (χ0v) is 6.16. The summed E-state index contributed by atoms with van der Waals surface area (Å²) in [6.07, 6.45) is 1.95. The smallest absolute Gasteiger partial charge is 0.148 e. The van der Waals surface area contributed by atoms with Gasteiger partial charge < -0.3 is 4.90 Å². The minimum absolute atomic E-state index is 0.507. The number of hydrogen-bond donors (Lipinski definition) is 0. The van der Waals surface area contributed by atoms with Crippen LogP contribution in [0, 0.1) is 11.3 Å². The molecular formula is C7H10N2O. The maximum Gasteiger partial charge on any atom is 0.148 e. The fraction of sp³-hybridized carbons (Fsp3) is 0.429. The maximum absolute atomic E-state index is 10.2. The fourth-order valence-electron chi connectivity index (χ4n) is 0.565. The molecule has 0 aliphatic carbocycles. The molecule has 0 radical (unpaired) electrons. The Balaban J connectivity index is 3.99. The Morgan fingerprint density at radius 3 is 2.60 bits per heavy atom. The molecule has 0 amide bonds. The van der Waals surface area contributed by atoms with E-state index in [1.807, 2.05) is 19.0 Å². The third kappa shape index (κ3) is 3.81. The van der Waals surface area contributed by atoms with Crippen LogP contribution in [-0.2, 0) is 4.79 Å². The summed E-state index contributed by atoms with van der Waals surface area (Å²) in [6, 6.07) is 1.80. The maximum atomic E-state index is 10.2.